The lowest BCUT2D eigenvalue weighted by atomic mass is 9.92. The average Bonchev–Trinajstić information content (AvgIpc) is 4.28. The zero-order valence-electron chi connectivity index (χ0n) is 43.8. The van der Waals surface area contributed by atoms with Gasteiger partial charge >= 0.3 is 5.97 Å². The first kappa shape index (κ1) is 56.4. The predicted octanol–water partition coefficient (Wildman–Crippen LogP) is 14.4. The lowest BCUT2D eigenvalue weighted by Crippen LogP contribution is -2.27. The van der Waals surface area contributed by atoms with Crippen LogP contribution in [0.4, 0.5) is 8.78 Å². The number of aliphatic hydroxyl groups is 1. The smallest absolute Gasteiger partial charge is 0.313 e. The molecule has 0 bridgehead atoms. The van der Waals surface area contributed by atoms with Crippen LogP contribution in [0.5, 0.6) is 0 Å². The number of rotatable bonds is 20. The number of allylic oxidation sites excluding steroid dienone is 2. The molecule has 0 saturated heterocycles. The Balaban J connectivity index is 0.000000192. The summed E-state index contributed by atoms with van der Waals surface area (Å²) in [4.78, 5) is 44.2. The molecule has 14 heteroatoms. The van der Waals surface area contributed by atoms with Crippen molar-refractivity contribution in [1.82, 2.24) is 9.97 Å². The number of carbonyl (C=O) groups is 3. The van der Waals surface area contributed by atoms with Gasteiger partial charge in [-0.2, -0.15) is 0 Å². The number of esters is 1. The summed E-state index contributed by atoms with van der Waals surface area (Å²) in [5.74, 6) is 0.365. The maximum absolute atomic E-state index is 13.6. The van der Waals surface area contributed by atoms with E-state index in [4.69, 9.17) is 28.3 Å². The van der Waals surface area contributed by atoms with Gasteiger partial charge in [-0.05, 0) is 138 Å². The summed E-state index contributed by atoms with van der Waals surface area (Å²) in [6, 6.07) is 28.6. The molecule has 1 atom stereocenters. The van der Waals surface area contributed by atoms with Crippen LogP contribution in [-0.2, 0) is 32.7 Å². The van der Waals surface area contributed by atoms with E-state index in [9.17, 15) is 28.3 Å². The fraction of sp³-hybridized carbons (Fsp3) is 0.317. The van der Waals surface area contributed by atoms with Crippen LogP contribution in [0.25, 0.3) is 56.2 Å². The van der Waals surface area contributed by atoms with Crippen LogP contribution in [0.3, 0.4) is 0 Å². The van der Waals surface area contributed by atoms with Crippen LogP contribution in [0.15, 0.2) is 134 Å². The van der Waals surface area contributed by atoms with Crippen molar-refractivity contribution in [3.63, 3.8) is 0 Å². The minimum absolute atomic E-state index is 0.180. The number of hydrogen-bond acceptors (Lipinski definition) is 10. The highest BCUT2D eigenvalue weighted by Gasteiger charge is 2.31. The molecule has 10 nitrogen and oxygen atoms in total. The number of pyridine rings is 2. The number of para-hydroxylation sites is 2. The van der Waals surface area contributed by atoms with Gasteiger partial charge in [0, 0.05) is 51.3 Å². The van der Waals surface area contributed by atoms with E-state index in [1.54, 1.807) is 49.4 Å². The molecule has 388 valence electrons. The van der Waals surface area contributed by atoms with Crippen molar-refractivity contribution >= 4 is 68.6 Å². The molecule has 6 aromatic rings. The quantitative estimate of drug-likeness (QED) is 0.0150. The monoisotopic (exact) mass is 1040 g/mol. The number of benzene rings is 4. The largest absolute Gasteiger partial charge is 0.545 e. The molecule has 2 aliphatic rings. The van der Waals surface area contributed by atoms with Gasteiger partial charge in [0.05, 0.1) is 47.8 Å². The van der Waals surface area contributed by atoms with Gasteiger partial charge < -0.3 is 23.4 Å². The van der Waals surface area contributed by atoms with Crippen LogP contribution in [0.2, 0.25) is 39.3 Å². The van der Waals surface area contributed by atoms with E-state index in [-0.39, 0.29) is 36.9 Å². The van der Waals surface area contributed by atoms with Crippen LogP contribution in [-0.4, -0.2) is 69.1 Å². The Morgan fingerprint density at radius 3 is 1.58 bits per heavy atom. The van der Waals surface area contributed by atoms with Gasteiger partial charge in [0.1, 0.15) is 35.9 Å². The molecule has 2 saturated carbocycles. The molecular formula is C60H68F2N2O8Si2. The molecule has 8 rings (SSSR count). The molecule has 0 amide bonds. The number of carbonyl (C=O) groups excluding carboxylic acids is 3. The molecule has 0 aliphatic heterocycles. The second-order valence-electron chi connectivity index (χ2n) is 20.1. The number of fused-ring (bicyclic) bond motifs is 2. The molecule has 2 aliphatic carbocycles. The van der Waals surface area contributed by atoms with Crippen molar-refractivity contribution in [3.8, 4) is 22.3 Å². The van der Waals surface area contributed by atoms with E-state index >= 15 is 0 Å². The standard InChI is InChI=1S/C27H26FNO4.C21H16FNO.C12H26O3Si2/c1-2-33-25(32)16-21(31)15-20(30)13-14-23-26(17-9-11-19(28)12-10-17)22-5-3-4-6-24(22)29-27(23)18-7-8-18;22-16-11-9-14(10-12-16)20-17-4-1-2-6-19(17)23-21(15-7-8-15)18(20)5-3-13-24;1-9-13-12(15-17(6,7)8)10-11(2)14-16(3,4)5/h3-6,9-14,18,20,30H,2,7-8,15-16H2,1H3;1-6,9-13,15H,7-8H2;10H,2,9H2,1,3-8H3/b14-13+;5-3+;12-10-/t20-;;/m1../s1. The number of aromatic nitrogens is 2. The molecule has 1 N–H and O–H groups in total. The number of nitrogens with zero attached hydrogens (tertiary/aromatic N) is 2. The lowest BCUT2D eigenvalue weighted by Gasteiger charge is -2.23. The second kappa shape index (κ2) is 25.9. The highest BCUT2D eigenvalue weighted by atomic mass is 28.4. The van der Waals surface area contributed by atoms with E-state index < -0.39 is 28.7 Å². The Bertz CT molecular complexity index is 3020. The third-order valence-corrected chi connectivity index (χ3v) is 13.1. The summed E-state index contributed by atoms with van der Waals surface area (Å²) in [6.45, 7) is 21.0. The first-order chi connectivity index (χ1) is 35.3. The molecule has 4 aromatic carbocycles. The zero-order valence-corrected chi connectivity index (χ0v) is 45.8. The first-order valence-corrected chi connectivity index (χ1v) is 32.0. The first-order valence-electron chi connectivity index (χ1n) is 25.2. The van der Waals surface area contributed by atoms with Crippen molar-refractivity contribution in [3.05, 3.63) is 168 Å². The van der Waals surface area contributed by atoms with Crippen molar-refractivity contribution < 1.29 is 46.6 Å². The number of aliphatic hydroxyl groups excluding tert-OH is 1. The fourth-order valence-corrected chi connectivity index (χ4v) is 9.77. The van der Waals surface area contributed by atoms with Crippen molar-refractivity contribution in [2.24, 2.45) is 0 Å². The van der Waals surface area contributed by atoms with Crippen LogP contribution in [0, 0.1) is 11.6 Å². The summed E-state index contributed by atoms with van der Waals surface area (Å²) in [5.41, 5.74) is 9.31. The zero-order chi connectivity index (χ0) is 53.6. The number of ether oxygens (including phenoxy) is 2. The molecule has 2 aromatic heterocycles. The molecular weight excluding hydrogens is 971 g/mol. The number of halogens is 2. The summed E-state index contributed by atoms with van der Waals surface area (Å²) in [5, 5.41) is 12.4. The number of ketones is 1. The molecule has 0 radical (unpaired) electrons. The SMILES string of the molecule is C=C(/C=C(/OCC)O[Si](C)(C)C)O[Si](C)(C)C.CCOC(=O)CC(=O)C[C@H](O)/C=C/c1c(C2CC2)nc2ccccc2c1-c1ccc(F)cc1.O=C/C=C/c1c(C2CC2)nc2ccccc2c1-c1ccc(F)cc1. The van der Waals surface area contributed by atoms with E-state index in [0.29, 0.717) is 30.1 Å². The second-order valence-corrected chi connectivity index (χ2v) is 29.0. The summed E-state index contributed by atoms with van der Waals surface area (Å²) >= 11 is 0. The van der Waals surface area contributed by atoms with Crippen LogP contribution in [0.1, 0.15) is 86.7 Å². The maximum Gasteiger partial charge on any atom is 0.313 e. The Labute approximate surface area is 436 Å². The lowest BCUT2D eigenvalue weighted by molar-refractivity contribution is -0.145. The van der Waals surface area contributed by atoms with E-state index in [1.807, 2.05) is 61.5 Å². The predicted molar refractivity (Wildman–Crippen MR) is 297 cm³/mol. The third kappa shape index (κ3) is 16.8. The normalized spacial score (nSPS) is 14.2. The van der Waals surface area contributed by atoms with Crippen LogP contribution >= 0.6 is 0 Å². The Hall–Kier alpha value is -6.88. The Kier molecular flexibility index (Phi) is 19.7. The number of hydrogen-bond donors (Lipinski definition) is 1. The maximum atomic E-state index is 13.6. The van der Waals surface area contributed by atoms with Crippen LogP contribution < -0.4 is 0 Å². The molecule has 0 unspecified atom stereocenters. The third-order valence-electron chi connectivity index (χ3n) is 11.4. The van der Waals surface area contributed by atoms with Crippen molar-refractivity contribution in [2.75, 3.05) is 13.2 Å². The van der Waals surface area contributed by atoms with Gasteiger partial charge in [0.2, 0.25) is 16.6 Å². The van der Waals surface area contributed by atoms with E-state index in [1.165, 1.54) is 30.3 Å². The summed E-state index contributed by atoms with van der Waals surface area (Å²) in [6.07, 6.45) is 12.0. The topological polar surface area (TPSA) is 134 Å². The Morgan fingerprint density at radius 1 is 0.689 bits per heavy atom. The van der Waals surface area contributed by atoms with Gasteiger partial charge in [-0.15, -0.1) is 0 Å². The highest BCUT2D eigenvalue weighted by Crippen LogP contribution is 2.47. The average molecular weight is 1040 g/mol. The van der Waals surface area contributed by atoms with E-state index in [0.717, 1.165) is 98.5 Å². The van der Waals surface area contributed by atoms with E-state index in [2.05, 4.69) is 45.9 Å². The Morgan fingerprint density at radius 2 is 1.15 bits per heavy atom. The number of Topliss-reactive ketones (excluding diaryl/α,β-unsaturated/α-hetero) is 1. The molecule has 74 heavy (non-hydrogen) atoms. The fourth-order valence-electron chi connectivity index (χ4n) is 8.21. The minimum Gasteiger partial charge on any atom is -0.545 e. The molecule has 0 spiro atoms. The molecule has 2 heterocycles. The number of aldehydes is 1. The van der Waals surface area contributed by atoms with Gasteiger partial charge in [-0.1, -0.05) is 79.4 Å². The van der Waals surface area contributed by atoms with Crippen molar-refractivity contribution in [2.45, 2.75) is 110 Å². The van der Waals surface area contributed by atoms with Gasteiger partial charge in [0.25, 0.3) is 5.95 Å². The summed E-state index contributed by atoms with van der Waals surface area (Å²) in [7, 11) is -3.27. The van der Waals surface area contributed by atoms with Gasteiger partial charge in [-0.3, -0.25) is 24.4 Å². The minimum atomic E-state index is -1.66. The van der Waals surface area contributed by atoms with Gasteiger partial charge in [-0.25, -0.2) is 8.78 Å². The summed E-state index contributed by atoms with van der Waals surface area (Å²) < 4.78 is 48.8. The highest BCUT2D eigenvalue weighted by molar-refractivity contribution is 6.70. The van der Waals surface area contributed by atoms with Crippen molar-refractivity contribution in [1.29, 1.82) is 0 Å². The molecule has 2 fully saturated rings. The van der Waals surface area contributed by atoms with Gasteiger partial charge in [0.15, 0.2) is 0 Å².